The van der Waals surface area contributed by atoms with Gasteiger partial charge in [-0.2, -0.15) is 5.10 Å². The standard InChI is InChI=1S/C26H29N9O4/c1-26(2,3)23-33-32-22(39-23)21(36)30-20-8-10-35(25(37)38)13-16-11-15(5-6-18(16)20)19-7-9-27-24(31-19)29-17-12-28-34(4)14-17/h5-7,9,11-12,14,20H,8,10,13H2,1-4H3,(H,30,36)(H,37,38)(H,27,29,31)/t20-/m1/s1. The van der Waals surface area contributed by atoms with Crippen LogP contribution >= 0.6 is 0 Å². The van der Waals surface area contributed by atoms with Crippen molar-refractivity contribution < 1.29 is 19.1 Å². The third-order valence-corrected chi connectivity index (χ3v) is 6.32. The van der Waals surface area contributed by atoms with Crippen LogP contribution in [0, 0.1) is 0 Å². The first-order valence-electron chi connectivity index (χ1n) is 12.4. The van der Waals surface area contributed by atoms with Gasteiger partial charge in [0.1, 0.15) is 0 Å². The molecule has 13 nitrogen and oxygen atoms in total. The molecule has 1 aromatic carbocycles. The van der Waals surface area contributed by atoms with E-state index in [1.54, 1.807) is 23.1 Å². The summed E-state index contributed by atoms with van der Waals surface area (Å²) in [5, 5.41) is 27.9. The van der Waals surface area contributed by atoms with E-state index < -0.39 is 23.5 Å². The number of carbonyl (C=O) groups excluding carboxylic acids is 1. The zero-order chi connectivity index (χ0) is 27.7. The van der Waals surface area contributed by atoms with E-state index in [0.717, 1.165) is 22.4 Å². The fraction of sp³-hybridized carbons (Fsp3) is 0.346. The average molecular weight is 532 g/mol. The maximum atomic E-state index is 13.0. The van der Waals surface area contributed by atoms with Crippen molar-refractivity contribution in [2.24, 2.45) is 7.05 Å². The maximum Gasteiger partial charge on any atom is 0.407 e. The number of carbonyl (C=O) groups is 2. The van der Waals surface area contributed by atoms with E-state index in [0.29, 0.717) is 24.0 Å². The molecule has 4 heterocycles. The van der Waals surface area contributed by atoms with Crippen LogP contribution in [-0.4, -0.2) is 58.5 Å². The number of benzene rings is 1. The average Bonchev–Trinajstić information content (AvgIpc) is 3.51. The van der Waals surface area contributed by atoms with E-state index in [9.17, 15) is 14.7 Å². The highest BCUT2D eigenvalue weighted by Crippen LogP contribution is 2.31. The second-order valence-corrected chi connectivity index (χ2v) is 10.4. The molecule has 0 radical (unpaired) electrons. The summed E-state index contributed by atoms with van der Waals surface area (Å²) in [5.41, 5.74) is 3.38. The Morgan fingerprint density at radius 1 is 1.18 bits per heavy atom. The van der Waals surface area contributed by atoms with Crippen molar-refractivity contribution in [3.05, 3.63) is 65.8 Å². The summed E-state index contributed by atoms with van der Waals surface area (Å²) in [6, 6.07) is 7.02. The van der Waals surface area contributed by atoms with Gasteiger partial charge in [0.05, 0.1) is 23.6 Å². The number of amides is 2. The SMILES string of the molecule is Cn1cc(Nc2nccc(-c3ccc4c(c3)CN(C(=O)O)CC[C@H]4NC(=O)c3nnc(C(C)(C)C)o3)n2)cn1. The molecule has 5 rings (SSSR count). The molecule has 0 spiro atoms. The topological polar surface area (TPSA) is 164 Å². The van der Waals surface area contributed by atoms with Crippen LogP contribution in [0.25, 0.3) is 11.3 Å². The molecule has 0 saturated carbocycles. The number of hydrogen-bond acceptors (Lipinski definition) is 9. The third kappa shape index (κ3) is 5.71. The molecular formula is C26H29N9O4. The summed E-state index contributed by atoms with van der Waals surface area (Å²) >= 11 is 0. The molecule has 4 aromatic rings. The molecule has 0 aliphatic carbocycles. The van der Waals surface area contributed by atoms with Crippen molar-refractivity contribution in [1.82, 2.24) is 40.2 Å². The summed E-state index contributed by atoms with van der Waals surface area (Å²) in [6.07, 6.45) is 4.49. The molecule has 3 aromatic heterocycles. The predicted octanol–water partition coefficient (Wildman–Crippen LogP) is 3.66. The summed E-state index contributed by atoms with van der Waals surface area (Å²) < 4.78 is 7.27. The Labute approximate surface area is 224 Å². The van der Waals surface area contributed by atoms with E-state index in [2.05, 4.69) is 35.9 Å². The van der Waals surface area contributed by atoms with Crippen molar-refractivity contribution in [2.75, 3.05) is 11.9 Å². The smallest absolute Gasteiger partial charge is 0.407 e. The Bertz CT molecular complexity index is 1520. The molecule has 1 aliphatic heterocycles. The van der Waals surface area contributed by atoms with E-state index in [-0.39, 0.29) is 19.0 Å². The fourth-order valence-electron chi connectivity index (χ4n) is 4.31. The third-order valence-electron chi connectivity index (χ3n) is 6.32. The highest BCUT2D eigenvalue weighted by Gasteiger charge is 2.29. The number of nitrogens with one attached hydrogen (secondary N) is 2. The Balaban J connectivity index is 1.43. The fourth-order valence-corrected chi connectivity index (χ4v) is 4.31. The number of rotatable bonds is 5. The molecule has 3 N–H and O–H groups in total. The van der Waals surface area contributed by atoms with Crippen molar-refractivity contribution in [3.63, 3.8) is 0 Å². The van der Waals surface area contributed by atoms with Gasteiger partial charge in [0.2, 0.25) is 11.8 Å². The van der Waals surface area contributed by atoms with Gasteiger partial charge in [-0.15, -0.1) is 10.2 Å². The van der Waals surface area contributed by atoms with Crippen LogP contribution in [0.15, 0.2) is 47.3 Å². The lowest BCUT2D eigenvalue weighted by atomic mass is 9.96. The van der Waals surface area contributed by atoms with Crippen LogP contribution in [0.4, 0.5) is 16.4 Å². The molecule has 0 saturated heterocycles. The molecule has 13 heteroatoms. The highest BCUT2D eigenvalue weighted by atomic mass is 16.4. The van der Waals surface area contributed by atoms with Crippen LogP contribution in [-0.2, 0) is 19.0 Å². The first-order chi connectivity index (χ1) is 18.6. The predicted molar refractivity (Wildman–Crippen MR) is 140 cm³/mol. The molecule has 0 bridgehead atoms. The van der Waals surface area contributed by atoms with Gasteiger partial charge in [-0.25, -0.2) is 14.8 Å². The summed E-state index contributed by atoms with van der Waals surface area (Å²) in [5.74, 6) is 0.121. The molecule has 39 heavy (non-hydrogen) atoms. The van der Waals surface area contributed by atoms with E-state index >= 15 is 0 Å². The van der Waals surface area contributed by atoms with Crippen LogP contribution < -0.4 is 10.6 Å². The van der Waals surface area contributed by atoms with Gasteiger partial charge in [-0.05, 0) is 29.7 Å². The number of carboxylic acid groups (broad SMARTS) is 1. The summed E-state index contributed by atoms with van der Waals surface area (Å²) in [7, 11) is 1.82. The first-order valence-corrected chi connectivity index (χ1v) is 12.4. The first kappa shape index (κ1) is 25.8. The minimum atomic E-state index is -1.03. The molecule has 0 fully saturated rings. The quantitative estimate of drug-likeness (QED) is 0.346. The van der Waals surface area contributed by atoms with Gasteiger partial charge in [0.15, 0.2) is 0 Å². The number of nitrogens with zero attached hydrogens (tertiary/aromatic N) is 7. The Morgan fingerprint density at radius 3 is 2.69 bits per heavy atom. The minimum Gasteiger partial charge on any atom is -0.465 e. The van der Waals surface area contributed by atoms with Crippen LogP contribution in [0.2, 0.25) is 0 Å². The lowest BCUT2D eigenvalue weighted by molar-refractivity contribution is 0.0894. The number of fused-ring (bicyclic) bond motifs is 1. The van der Waals surface area contributed by atoms with Gasteiger partial charge in [0, 0.05) is 43.5 Å². The van der Waals surface area contributed by atoms with Crippen molar-refractivity contribution in [3.8, 4) is 11.3 Å². The van der Waals surface area contributed by atoms with Gasteiger partial charge >= 0.3 is 17.9 Å². The van der Waals surface area contributed by atoms with E-state index in [4.69, 9.17) is 4.42 Å². The maximum absolute atomic E-state index is 13.0. The van der Waals surface area contributed by atoms with Gasteiger partial charge in [0.25, 0.3) is 0 Å². The van der Waals surface area contributed by atoms with Crippen molar-refractivity contribution >= 4 is 23.6 Å². The van der Waals surface area contributed by atoms with Crippen LogP contribution in [0.1, 0.15) is 60.9 Å². The van der Waals surface area contributed by atoms with Gasteiger partial charge in [-0.3, -0.25) is 9.48 Å². The highest BCUT2D eigenvalue weighted by molar-refractivity contribution is 5.89. The lowest BCUT2D eigenvalue weighted by Gasteiger charge is -2.19. The zero-order valence-corrected chi connectivity index (χ0v) is 22.0. The minimum absolute atomic E-state index is 0.132. The van der Waals surface area contributed by atoms with E-state index in [1.807, 2.05) is 52.2 Å². The Kier molecular flexibility index (Phi) is 6.73. The lowest BCUT2D eigenvalue weighted by Crippen LogP contribution is -2.32. The van der Waals surface area contributed by atoms with Gasteiger partial charge in [-0.1, -0.05) is 32.9 Å². The second kappa shape index (κ2) is 10.2. The number of hydrogen-bond donors (Lipinski definition) is 3. The van der Waals surface area contributed by atoms with E-state index in [1.165, 1.54) is 4.90 Å². The summed E-state index contributed by atoms with van der Waals surface area (Å²) in [6.45, 7) is 6.16. The molecule has 0 unspecified atom stereocenters. The van der Waals surface area contributed by atoms with Crippen molar-refractivity contribution in [2.45, 2.75) is 45.2 Å². The second-order valence-electron chi connectivity index (χ2n) is 10.4. The summed E-state index contributed by atoms with van der Waals surface area (Å²) in [4.78, 5) is 35.1. The normalized spacial score (nSPS) is 15.4. The number of aryl methyl sites for hydroxylation is 1. The van der Waals surface area contributed by atoms with Gasteiger partial charge < -0.3 is 25.1 Å². The largest absolute Gasteiger partial charge is 0.465 e. The molecule has 202 valence electrons. The number of anilines is 2. The Morgan fingerprint density at radius 2 is 2.00 bits per heavy atom. The van der Waals surface area contributed by atoms with Crippen LogP contribution in [0.3, 0.4) is 0 Å². The molecular weight excluding hydrogens is 502 g/mol. The monoisotopic (exact) mass is 531 g/mol. The molecule has 1 atom stereocenters. The van der Waals surface area contributed by atoms with Crippen LogP contribution in [0.5, 0.6) is 0 Å². The number of aromatic nitrogens is 6. The Hall–Kier alpha value is -4.81. The molecule has 1 aliphatic rings. The molecule has 2 amide bonds. The van der Waals surface area contributed by atoms with Crippen molar-refractivity contribution in [1.29, 1.82) is 0 Å². The zero-order valence-electron chi connectivity index (χ0n) is 22.0.